The molecule has 3 aliphatic rings. The number of amides is 1. The number of rotatable bonds is 3. The molecule has 2 aromatic heterocycles. The highest BCUT2D eigenvalue weighted by Gasteiger charge is 2.27. The van der Waals surface area contributed by atoms with E-state index in [1.165, 1.54) is 5.57 Å². The van der Waals surface area contributed by atoms with Crippen molar-refractivity contribution in [1.29, 1.82) is 0 Å². The molecule has 2 aromatic rings. The standard InChI is InChI=1S/C27H33N5O/c1-5-30-12-10-21(11-13-30)22-7-9-23-8-6-18(2)24(14-27(33)31(23)17-22)25-15-26-20(4)28-19(3)16-32(26)29-25/h7-9,14-18,21H,5-6,10-13H2,1-4H3. The van der Waals surface area contributed by atoms with Crippen molar-refractivity contribution in [2.75, 3.05) is 19.6 Å². The Bertz CT molecular complexity index is 1210. The molecule has 6 heteroatoms. The Morgan fingerprint density at radius 3 is 2.70 bits per heavy atom. The van der Waals surface area contributed by atoms with E-state index in [9.17, 15) is 4.79 Å². The second-order valence-corrected chi connectivity index (χ2v) is 9.57. The lowest BCUT2D eigenvalue weighted by atomic mass is 9.87. The summed E-state index contributed by atoms with van der Waals surface area (Å²) in [5.41, 5.74) is 6.94. The van der Waals surface area contributed by atoms with Crippen LogP contribution in [-0.2, 0) is 4.79 Å². The van der Waals surface area contributed by atoms with Gasteiger partial charge >= 0.3 is 0 Å². The molecular weight excluding hydrogens is 410 g/mol. The highest BCUT2D eigenvalue weighted by Crippen LogP contribution is 2.34. The van der Waals surface area contributed by atoms with E-state index in [0.717, 1.165) is 72.8 Å². The van der Waals surface area contributed by atoms with Crippen LogP contribution >= 0.6 is 0 Å². The molecule has 172 valence electrons. The zero-order valence-corrected chi connectivity index (χ0v) is 20.1. The van der Waals surface area contributed by atoms with Crippen molar-refractivity contribution < 1.29 is 4.79 Å². The first kappa shape index (κ1) is 21.8. The maximum Gasteiger partial charge on any atom is 0.255 e. The number of allylic oxidation sites excluding steroid dienone is 5. The summed E-state index contributed by atoms with van der Waals surface area (Å²) in [4.78, 5) is 22.4. The van der Waals surface area contributed by atoms with Crippen LogP contribution in [0.3, 0.4) is 0 Å². The number of likely N-dealkylation sites (tertiary alicyclic amines) is 1. The van der Waals surface area contributed by atoms with Gasteiger partial charge in [-0.05, 0) is 87.9 Å². The quantitative estimate of drug-likeness (QED) is 0.692. The average Bonchev–Trinajstić information content (AvgIpc) is 3.24. The molecule has 3 aliphatic heterocycles. The van der Waals surface area contributed by atoms with Gasteiger partial charge in [-0.2, -0.15) is 5.10 Å². The molecule has 0 aromatic carbocycles. The van der Waals surface area contributed by atoms with E-state index < -0.39 is 0 Å². The molecule has 1 unspecified atom stereocenters. The summed E-state index contributed by atoms with van der Waals surface area (Å²) >= 11 is 0. The molecular formula is C27H33N5O. The molecule has 33 heavy (non-hydrogen) atoms. The third kappa shape index (κ3) is 4.20. The van der Waals surface area contributed by atoms with Gasteiger partial charge in [0.2, 0.25) is 0 Å². The smallest absolute Gasteiger partial charge is 0.255 e. The lowest BCUT2D eigenvalue weighted by molar-refractivity contribution is -0.122. The molecule has 0 N–H and O–H groups in total. The monoisotopic (exact) mass is 443 g/mol. The number of fused-ring (bicyclic) bond motifs is 2. The molecule has 6 nitrogen and oxygen atoms in total. The van der Waals surface area contributed by atoms with Gasteiger partial charge in [0.15, 0.2) is 0 Å². The topological polar surface area (TPSA) is 53.7 Å². The number of hydrogen-bond acceptors (Lipinski definition) is 4. The van der Waals surface area contributed by atoms with Crippen LogP contribution in [0.15, 0.2) is 54.0 Å². The SMILES string of the molecule is CCN1CCC(C2=CN3C(=O)C=C(c4cc5c(C)nc(C)cn5n4)C(C)CC=C3C=C2)CC1. The van der Waals surface area contributed by atoms with Gasteiger partial charge in [0.05, 0.1) is 28.8 Å². The van der Waals surface area contributed by atoms with Crippen molar-refractivity contribution in [3.8, 4) is 0 Å². The minimum absolute atomic E-state index is 0.00118. The fourth-order valence-corrected chi connectivity index (χ4v) is 5.24. The van der Waals surface area contributed by atoms with E-state index in [-0.39, 0.29) is 11.8 Å². The van der Waals surface area contributed by atoms with E-state index in [4.69, 9.17) is 5.10 Å². The summed E-state index contributed by atoms with van der Waals surface area (Å²) in [5, 5.41) is 4.81. The number of carbonyl (C=O) groups is 1. The fraction of sp³-hybridized carbons (Fsp3) is 0.444. The summed E-state index contributed by atoms with van der Waals surface area (Å²) in [6.45, 7) is 11.7. The minimum Gasteiger partial charge on any atom is -0.304 e. The van der Waals surface area contributed by atoms with Crippen LogP contribution in [0.2, 0.25) is 0 Å². The normalized spacial score (nSPS) is 22.5. The number of carbonyl (C=O) groups excluding carboxylic acids is 1. The van der Waals surface area contributed by atoms with E-state index in [0.29, 0.717) is 5.92 Å². The summed E-state index contributed by atoms with van der Waals surface area (Å²) < 4.78 is 1.88. The zero-order chi connectivity index (χ0) is 23.1. The highest BCUT2D eigenvalue weighted by atomic mass is 16.2. The van der Waals surface area contributed by atoms with Gasteiger partial charge in [-0.1, -0.05) is 26.0 Å². The van der Waals surface area contributed by atoms with Crippen LogP contribution in [0.25, 0.3) is 11.1 Å². The van der Waals surface area contributed by atoms with E-state index in [1.807, 2.05) is 29.5 Å². The Labute approximate surface area is 196 Å². The number of aromatic nitrogens is 3. The summed E-state index contributed by atoms with van der Waals surface area (Å²) in [6.07, 6.45) is 15.5. The number of hydrogen-bond donors (Lipinski definition) is 0. The Balaban J connectivity index is 1.45. The minimum atomic E-state index is -0.00118. The van der Waals surface area contributed by atoms with Crippen LogP contribution in [0.1, 0.15) is 50.2 Å². The van der Waals surface area contributed by atoms with Crippen molar-refractivity contribution in [3.05, 3.63) is 71.1 Å². The Hall–Kier alpha value is -2.99. The first-order valence-corrected chi connectivity index (χ1v) is 12.1. The first-order valence-electron chi connectivity index (χ1n) is 12.1. The molecule has 1 saturated heterocycles. The molecule has 1 fully saturated rings. The van der Waals surface area contributed by atoms with Crippen molar-refractivity contribution in [2.24, 2.45) is 11.8 Å². The van der Waals surface area contributed by atoms with Crippen LogP contribution < -0.4 is 0 Å². The van der Waals surface area contributed by atoms with Gasteiger partial charge < -0.3 is 4.90 Å². The average molecular weight is 444 g/mol. The maximum atomic E-state index is 13.5. The maximum absolute atomic E-state index is 13.5. The number of piperidine rings is 1. The second kappa shape index (κ2) is 8.75. The predicted octanol–water partition coefficient (Wildman–Crippen LogP) is 4.67. The molecule has 0 radical (unpaired) electrons. The molecule has 5 heterocycles. The Morgan fingerprint density at radius 1 is 1.15 bits per heavy atom. The van der Waals surface area contributed by atoms with Gasteiger partial charge in [0.1, 0.15) is 0 Å². The largest absolute Gasteiger partial charge is 0.304 e. The Kier molecular flexibility index (Phi) is 5.79. The van der Waals surface area contributed by atoms with Crippen molar-refractivity contribution in [3.63, 3.8) is 0 Å². The first-order chi connectivity index (χ1) is 15.9. The third-order valence-electron chi connectivity index (χ3n) is 7.29. The number of aryl methyl sites for hydroxylation is 2. The second-order valence-electron chi connectivity index (χ2n) is 9.57. The van der Waals surface area contributed by atoms with E-state index in [1.54, 1.807) is 6.08 Å². The summed E-state index contributed by atoms with van der Waals surface area (Å²) in [6, 6.07) is 2.06. The van der Waals surface area contributed by atoms with Gasteiger partial charge in [-0.25, -0.2) is 4.52 Å². The molecule has 0 aliphatic carbocycles. The van der Waals surface area contributed by atoms with Gasteiger partial charge in [0.25, 0.3) is 5.91 Å². The van der Waals surface area contributed by atoms with E-state index >= 15 is 0 Å². The summed E-state index contributed by atoms with van der Waals surface area (Å²) in [7, 11) is 0. The molecule has 1 amide bonds. The van der Waals surface area contributed by atoms with Crippen LogP contribution in [0.4, 0.5) is 0 Å². The molecule has 0 spiro atoms. The van der Waals surface area contributed by atoms with Gasteiger partial charge in [0, 0.05) is 18.0 Å². The molecule has 5 rings (SSSR count). The highest BCUT2D eigenvalue weighted by molar-refractivity contribution is 5.98. The zero-order valence-electron chi connectivity index (χ0n) is 20.1. The van der Waals surface area contributed by atoms with Crippen molar-refractivity contribution >= 4 is 17.0 Å². The molecule has 0 bridgehead atoms. The van der Waals surface area contributed by atoms with Crippen molar-refractivity contribution in [1.82, 2.24) is 24.4 Å². The van der Waals surface area contributed by atoms with Crippen molar-refractivity contribution in [2.45, 2.75) is 47.0 Å². The van der Waals surface area contributed by atoms with Crippen LogP contribution in [-0.4, -0.2) is 49.9 Å². The lowest BCUT2D eigenvalue weighted by Gasteiger charge is -2.34. The van der Waals surface area contributed by atoms with Crippen LogP contribution in [0.5, 0.6) is 0 Å². The van der Waals surface area contributed by atoms with E-state index in [2.05, 4.69) is 54.2 Å². The number of nitrogens with zero attached hydrogens (tertiary/aromatic N) is 5. The third-order valence-corrected chi connectivity index (χ3v) is 7.29. The Morgan fingerprint density at radius 2 is 1.94 bits per heavy atom. The van der Waals surface area contributed by atoms with Crippen LogP contribution in [0, 0.1) is 25.7 Å². The predicted molar refractivity (Wildman–Crippen MR) is 131 cm³/mol. The summed E-state index contributed by atoms with van der Waals surface area (Å²) in [5.74, 6) is 0.710. The molecule has 1 atom stereocenters. The fourth-order valence-electron chi connectivity index (χ4n) is 5.24. The lowest BCUT2D eigenvalue weighted by Crippen LogP contribution is -2.35. The van der Waals surface area contributed by atoms with Gasteiger partial charge in [-0.15, -0.1) is 0 Å². The van der Waals surface area contributed by atoms with Gasteiger partial charge in [-0.3, -0.25) is 14.7 Å². The molecule has 0 saturated carbocycles.